The first kappa shape index (κ1) is 12.5. The maximum Gasteiger partial charge on any atom is 0.423 e. The molecule has 1 rings (SSSR count). The smallest absolute Gasteiger partial charge is 0.258 e. The highest BCUT2D eigenvalue weighted by molar-refractivity contribution is 5.47. The molecule has 0 bridgehead atoms. The van der Waals surface area contributed by atoms with E-state index in [4.69, 9.17) is 0 Å². The molecule has 1 aromatic rings. The third kappa shape index (κ3) is 2.50. The van der Waals surface area contributed by atoms with Gasteiger partial charge >= 0.3 is 6.18 Å². The van der Waals surface area contributed by atoms with Crippen molar-refractivity contribution in [2.45, 2.75) is 20.0 Å². The summed E-state index contributed by atoms with van der Waals surface area (Å²) < 4.78 is 37.6. The van der Waals surface area contributed by atoms with Crippen LogP contribution in [0.1, 0.15) is 25.0 Å². The van der Waals surface area contributed by atoms with Crippen LogP contribution in [-0.4, -0.2) is 4.92 Å². The number of nitro groups is 1. The molecule has 0 unspecified atom stereocenters. The second-order valence-corrected chi connectivity index (χ2v) is 3.49. The van der Waals surface area contributed by atoms with Crippen molar-refractivity contribution in [2.75, 3.05) is 0 Å². The molecule has 0 aliphatic rings. The molecule has 0 aromatic heterocycles. The lowest BCUT2D eigenvalue weighted by Crippen LogP contribution is -2.10. The molecule has 0 atom stereocenters. The van der Waals surface area contributed by atoms with Crippen LogP contribution in [0.2, 0.25) is 0 Å². The van der Waals surface area contributed by atoms with Crippen molar-refractivity contribution in [3.8, 4) is 0 Å². The van der Waals surface area contributed by atoms with Gasteiger partial charge in [0.25, 0.3) is 5.69 Å². The van der Waals surface area contributed by atoms with Gasteiger partial charge in [-0.1, -0.05) is 19.9 Å². The zero-order valence-corrected chi connectivity index (χ0v) is 8.63. The van der Waals surface area contributed by atoms with Crippen molar-refractivity contribution in [2.24, 2.45) is 0 Å². The largest absolute Gasteiger partial charge is 0.423 e. The summed E-state index contributed by atoms with van der Waals surface area (Å²) in [6.45, 7) is 3.28. The first-order chi connectivity index (χ1) is 7.23. The summed E-state index contributed by atoms with van der Waals surface area (Å²) in [5.41, 5.74) is -1.79. The minimum Gasteiger partial charge on any atom is -0.258 e. The molecule has 6 heteroatoms. The van der Waals surface area contributed by atoms with Gasteiger partial charge in [-0.2, -0.15) is 13.2 Å². The van der Waals surface area contributed by atoms with Crippen molar-refractivity contribution < 1.29 is 18.1 Å². The van der Waals surface area contributed by atoms with Crippen LogP contribution in [0.4, 0.5) is 18.9 Å². The predicted molar refractivity (Wildman–Crippen MR) is 51.8 cm³/mol. The van der Waals surface area contributed by atoms with Crippen molar-refractivity contribution in [1.29, 1.82) is 0 Å². The molecule has 3 nitrogen and oxygen atoms in total. The summed E-state index contributed by atoms with van der Waals surface area (Å²) in [5.74, 6) is 0.667. The van der Waals surface area contributed by atoms with Gasteiger partial charge in [0.1, 0.15) is 5.56 Å². The maximum atomic E-state index is 12.5. The zero-order chi connectivity index (χ0) is 12.5. The minimum absolute atomic E-state index is 0.345. The monoisotopic (exact) mass is 232 g/mol. The van der Waals surface area contributed by atoms with Crippen molar-refractivity contribution >= 4 is 5.69 Å². The van der Waals surface area contributed by atoms with Crippen LogP contribution in [-0.2, 0) is 6.18 Å². The molecule has 0 spiro atoms. The summed E-state index contributed by atoms with van der Waals surface area (Å²) >= 11 is 0. The van der Waals surface area contributed by atoms with E-state index < -0.39 is 22.4 Å². The number of alkyl halides is 3. The molecule has 0 aliphatic heterocycles. The Morgan fingerprint density at radius 1 is 1.31 bits per heavy atom. The van der Waals surface area contributed by atoms with E-state index in [1.54, 1.807) is 13.8 Å². The molecule has 0 saturated heterocycles. The van der Waals surface area contributed by atoms with Crippen LogP contribution >= 0.6 is 0 Å². The number of nitrogens with zero attached hydrogens (tertiary/aromatic N) is 1. The number of hydrogen-bond donors (Lipinski definition) is 0. The fourth-order valence-electron chi connectivity index (χ4n) is 1.23. The average molecular weight is 232 g/mol. The van der Waals surface area contributed by atoms with Gasteiger partial charge in [-0.15, -0.1) is 0 Å². The fraction of sp³-hybridized carbons (Fsp3) is 0.300. The third-order valence-corrected chi connectivity index (χ3v) is 2.08. The van der Waals surface area contributed by atoms with Crippen LogP contribution in [0.3, 0.4) is 0 Å². The van der Waals surface area contributed by atoms with E-state index in [0.717, 1.165) is 12.1 Å². The second kappa shape index (κ2) is 4.11. The van der Waals surface area contributed by atoms with E-state index in [2.05, 4.69) is 0 Å². The lowest BCUT2D eigenvalue weighted by molar-refractivity contribution is -0.388. The number of nitro benzene ring substituents is 1. The second-order valence-electron chi connectivity index (χ2n) is 3.49. The van der Waals surface area contributed by atoms with Crippen LogP contribution in [0.25, 0.3) is 0 Å². The maximum absolute atomic E-state index is 12.5. The normalized spacial score (nSPS) is 11.9. The number of rotatable bonds is 2. The summed E-state index contributed by atoms with van der Waals surface area (Å²) in [5, 5.41) is 10.4. The molecule has 1 aromatic carbocycles. The van der Waals surface area contributed by atoms with Gasteiger partial charge in [-0.25, -0.2) is 0 Å². The Bertz CT molecular complexity index is 413. The van der Waals surface area contributed by atoms with E-state index in [9.17, 15) is 23.3 Å². The molecule has 16 heavy (non-hydrogen) atoms. The van der Waals surface area contributed by atoms with Crippen molar-refractivity contribution in [3.63, 3.8) is 0 Å². The summed E-state index contributed by atoms with van der Waals surface area (Å²) in [6, 6.07) is 2.99. The molecule has 87 valence electrons. The zero-order valence-electron chi connectivity index (χ0n) is 8.63. The topological polar surface area (TPSA) is 43.1 Å². The fourth-order valence-corrected chi connectivity index (χ4v) is 1.23. The van der Waals surface area contributed by atoms with E-state index >= 15 is 0 Å². The Kier molecular flexibility index (Phi) is 3.21. The van der Waals surface area contributed by atoms with E-state index in [1.807, 2.05) is 0 Å². The van der Waals surface area contributed by atoms with Gasteiger partial charge in [0.15, 0.2) is 0 Å². The molecule has 1 radical (unpaired) electrons. The molecule has 0 amide bonds. The highest BCUT2D eigenvalue weighted by Crippen LogP contribution is 2.37. The lowest BCUT2D eigenvalue weighted by atomic mass is 9.99. The summed E-state index contributed by atoms with van der Waals surface area (Å²) in [6.07, 6.45) is -4.71. The van der Waals surface area contributed by atoms with Gasteiger partial charge in [0.2, 0.25) is 0 Å². The quantitative estimate of drug-likeness (QED) is 0.577. The number of benzene rings is 1. The predicted octanol–water partition coefficient (Wildman–Crippen LogP) is 3.58. The van der Waals surface area contributed by atoms with E-state index in [1.165, 1.54) is 6.07 Å². The van der Waals surface area contributed by atoms with Crippen LogP contribution in [0.15, 0.2) is 18.2 Å². The van der Waals surface area contributed by atoms with Gasteiger partial charge in [-0.05, 0) is 17.5 Å². The first-order valence-electron chi connectivity index (χ1n) is 4.39. The molecule has 0 N–H and O–H groups in total. The van der Waals surface area contributed by atoms with E-state index in [-0.39, 0.29) is 0 Å². The third-order valence-electron chi connectivity index (χ3n) is 2.08. The highest BCUT2D eigenvalue weighted by atomic mass is 19.4. The van der Waals surface area contributed by atoms with Gasteiger partial charge in [0.05, 0.1) is 4.92 Å². The lowest BCUT2D eigenvalue weighted by Gasteiger charge is -2.10. The molecular formula is C10H9F3NO2. The Morgan fingerprint density at radius 3 is 2.25 bits per heavy atom. The Hall–Kier alpha value is -1.59. The highest BCUT2D eigenvalue weighted by Gasteiger charge is 2.38. The Balaban J connectivity index is 3.39. The molecule has 0 saturated carbocycles. The molecule has 0 aliphatic carbocycles. The Labute approximate surface area is 90.0 Å². The molecular weight excluding hydrogens is 223 g/mol. The number of halogens is 3. The van der Waals surface area contributed by atoms with Crippen molar-refractivity contribution in [1.82, 2.24) is 0 Å². The van der Waals surface area contributed by atoms with Crippen LogP contribution in [0.5, 0.6) is 0 Å². The SMILES string of the molecule is C[C](C)c1ccc([N+](=O)[O-])c(C(F)(F)F)c1. The van der Waals surface area contributed by atoms with E-state index in [0.29, 0.717) is 11.5 Å². The van der Waals surface area contributed by atoms with Crippen molar-refractivity contribution in [3.05, 3.63) is 45.4 Å². The summed E-state index contributed by atoms with van der Waals surface area (Å²) in [7, 11) is 0. The van der Waals surface area contributed by atoms with Crippen LogP contribution in [0, 0.1) is 16.0 Å². The van der Waals surface area contributed by atoms with Gasteiger partial charge in [0, 0.05) is 6.07 Å². The average Bonchev–Trinajstić information content (AvgIpc) is 2.15. The summed E-state index contributed by atoms with van der Waals surface area (Å²) in [4.78, 5) is 9.42. The van der Waals surface area contributed by atoms with Gasteiger partial charge < -0.3 is 0 Å². The molecule has 0 heterocycles. The molecule has 0 fully saturated rings. The van der Waals surface area contributed by atoms with Gasteiger partial charge in [-0.3, -0.25) is 10.1 Å². The minimum atomic E-state index is -4.71. The van der Waals surface area contributed by atoms with Crippen LogP contribution < -0.4 is 0 Å². The first-order valence-corrected chi connectivity index (χ1v) is 4.39. The Morgan fingerprint density at radius 2 is 1.88 bits per heavy atom. The number of hydrogen-bond acceptors (Lipinski definition) is 2. The standard InChI is InChI=1S/C10H9F3NO2/c1-6(2)7-3-4-9(14(15)16)8(5-7)10(11,12)13/h3-5H,1-2H3.